The van der Waals surface area contributed by atoms with Crippen molar-refractivity contribution >= 4 is 12.0 Å². The maximum absolute atomic E-state index is 11.7. The lowest BCUT2D eigenvalue weighted by Gasteiger charge is -2.17. The highest BCUT2D eigenvalue weighted by Gasteiger charge is 2.12. The molecule has 5 nitrogen and oxygen atoms in total. The Morgan fingerprint density at radius 2 is 2.05 bits per heavy atom. The summed E-state index contributed by atoms with van der Waals surface area (Å²) in [5.74, 6) is 1.38. The number of rotatable bonds is 7. The summed E-state index contributed by atoms with van der Waals surface area (Å²) in [6.07, 6.45) is 3.31. The summed E-state index contributed by atoms with van der Waals surface area (Å²) in [6, 6.07) is 5.61. The van der Waals surface area contributed by atoms with E-state index in [2.05, 4.69) is 24.1 Å². The second kappa shape index (κ2) is 7.69. The van der Waals surface area contributed by atoms with E-state index in [0.717, 1.165) is 36.7 Å². The van der Waals surface area contributed by atoms with Crippen molar-refractivity contribution in [2.75, 3.05) is 33.0 Å². The van der Waals surface area contributed by atoms with Crippen LogP contribution in [0.25, 0.3) is 6.08 Å². The summed E-state index contributed by atoms with van der Waals surface area (Å²) in [7, 11) is 0. The quantitative estimate of drug-likeness (QED) is 0.779. The molecule has 1 aromatic rings. The fourth-order valence-corrected chi connectivity index (χ4v) is 2.12. The third-order valence-electron chi connectivity index (χ3n) is 3.45. The summed E-state index contributed by atoms with van der Waals surface area (Å²) >= 11 is 0. The van der Waals surface area contributed by atoms with Gasteiger partial charge in [-0.25, -0.2) is 0 Å². The molecule has 0 atom stereocenters. The molecular formula is C16H22N2O3. The zero-order valence-corrected chi connectivity index (χ0v) is 12.6. The summed E-state index contributed by atoms with van der Waals surface area (Å²) < 4.78 is 10.5. The molecule has 0 spiro atoms. The van der Waals surface area contributed by atoms with E-state index in [1.807, 2.05) is 18.2 Å². The predicted molar refractivity (Wildman–Crippen MR) is 82.4 cm³/mol. The van der Waals surface area contributed by atoms with E-state index in [4.69, 9.17) is 9.47 Å². The zero-order valence-electron chi connectivity index (χ0n) is 12.6. The minimum atomic E-state index is -0.0835. The number of carbonyl (C=O) groups is 1. The second-order valence-electron chi connectivity index (χ2n) is 4.76. The Bertz CT molecular complexity index is 510. The van der Waals surface area contributed by atoms with Crippen LogP contribution in [-0.4, -0.2) is 43.8 Å². The van der Waals surface area contributed by atoms with Crippen molar-refractivity contribution in [1.82, 2.24) is 10.2 Å². The number of fused-ring (bicyclic) bond motifs is 1. The molecule has 21 heavy (non-hydrogen) atoms. The van der Waals surface area contributed by atoms with Crippen molar-refractivity contribution in [2.24, 2.45) is 0 Å². The Balaban J connectivity index is 1.79. The molecular weight excluding hydrogens is 268 g/mol. The van der Waals surface area contributed by atoms with E-state index >= 15 is 0 Å². The molecule has 1 aliphatic rings. The van der Waals surface area contributed by atoms with Gasteiger partial charge in [0.05, 0.1) is 0 Å². The first-order valence-corrected chi connectivity index (χ1v) is 7.30. The van der Waals surface area contributed by atoms with E-state index in [1.165, 1.54) is 0 Å². The molecule has 0 saturated carbocycles. The molecule has 1 aromatic carbocycles. The van der Waals surface area contributed by atoms with E-state index in [9.17, 15) is 4.79 Å². The van der Waals surface area contributed by atoms with Gasteiger partial charge in [0.25, 0.3) is 0 Å². The SMILES string of the molecule is CCN(CC)CCNC(=O)/C=C/c1ccc2c(c1)OCO2. The van der Waals surface area contributed by atoms with Crippen LogP contribution < -0.4 is 14.8 Å². The van der Waals surface area contributed by atoms with Crippen LogP contribution in [0.15, 0.2) is 24.3 Å². The molecule has 0 unspecified atom stereocenters. The van der Waals surface area contributed by atoms with E-state index in [-0.39, 0.29) is 12.7 Å². The van der Waals surface area contributed by atoms with Gasteiger partial charge in [-0.05, 0) is 36.9 Å². The second-order valence-corrected chi connectivity index (χ2v) is 4.76. The van der Waals surface area contributed by atoms with Gasteiger partial charge in [0, 0.05) is 19.2 Å². The Labute approximate surface area is 125 Å². The summed E-state index contributed by atoms with van der Waals surface area (Å²) in [4.78, 5) is 14.0. The van der Waals surface area contributed by atoms with Gasteiger partial charge >= 0.3 is 0 Å². The van der Waals surface area contributed by atoms with Crippen LogP contribution >= 0.6 is 0 Å². The molecule has 0 saturated heterocycles. The van der Waals surface area contributed by atoms with Crippen LogP contribution in [-0.2, 0) is 4.79 Å². The average molecular weight is 290 g/mol. The van der Waals surface area contributed by atoms with Crippen LogP contribution in [0.2, 0.25) is 0 Å². The third kappa shape index (κ3) is 4.49. The highest BCUT2D eigenvalue weighted by Crippen LogP contribution is 2.32. The van der Waals surface area contributed by atoms with Gasteiger partial charge in [-0.15, -0.1) is 0 Å². The summed E-state index contributed by atoms with van der Waals surface area (Å²) in [5, 5.41) is 2.88. The molecule has 2 rings (SSSR count). The van der Waals surface area contributed by atoms with Gasteiger partial charge in [-0.3, -0.25) is 4.79 Å². The molecule has 1 N–H and O–H groups in total. The minimum Gasteiger partial charge on any atom is -0.454 e. The topological polar surface area (TPSA) is 50.8 Å². The normalized spacial score (nSPS) is 13.1. The first kappa shape index (κ1) is 15.4. The lowest BCUT2D eigenvalue weighted by Crippen LogP contribution is -2.34. The number of hydrogen-bond acceptors (Lipinski definition) is 4. The van der Waals surface area contributed by atoms with Gasteiger partial charge in [-0.2, -0.15) is 0 Å². The van der Waals surface area contributed by atoms with E-state index < -0.39 is 0 Å². The standard InChI is InChI=1S/C16H22N2O3/c1-3-18(4-2)10-9-17-16(19)8-6-13-5-7-14-15(11-13)21-12-20-14/h5-8,11H,3-4,9-10,12H2,1-2H3,(H,17,19)/b8-6+. The Hall–Kier alpha value is -2.01. The van der Waals surface area contributed by atoms with Crippen molar-refractivity contribution < 1.29 is 14.3 Å². The summed E-state index contributed by atoms with van der Waals surface area (Å²) in [5.41, 5.74) is 0.915. The molecule has 5 heteroatoms. The highest BCUT2D eigenvalue weighted by molar-refractivity contribution is 5.91. The van der Waals surface area contributed by atoms with Crippen molar-refractivity contribution in [1.29, 1.82) is 0 Å². The molecule has 0 aliphatic carbocycles. The van der Waals surface area contributed by atoms with Crippen molar-refractivity contribution in [2.45, 2.75) is 13.8 Å². The number of carbonyl (C=O) groups excluding carboxylic acids is 1. The molecule has 1 heterocycles. The van der Waals surface area contributed by atoms with Gasteiger partial charge in [0.1, 0.15) is 0 Å². The molecule has 0 aromatic heterocycles. The smallest absolute Gasteiger partial charge is 0.244 e. The number of benzene rings is 1. The number of amides is 1. The maximum Gasteiger partial charge on any atom is 0.244 e. The lowest BCUT2D eigenvalue weighted by atomic mass is 10.2. The maximum atomic E-state index is 11.7. The molecule has 1 aliphatic heterocycles. The van der Waals surface area contributed by atoms with Crippen LogP contribution in [0.1, 0.15) is 19.4 Å². The first-order valence-electron chi connectivity index (χ1n) is 7.30. The molecule has 114 valence electrons. The Kier molecular flexibility index (Phi) is 5.63. The molecule has 0 bridgehead atoms. The average Bonchev–Trinajstić information content (AvgIpc) is 2.97. The van der Waals surface area contributed by atoms with Gasteiger partial charge in [0.2, 0.25) is 12.7 Å². The predicted octanol–water partition coefficient (Wildman–Crippen LogP) is 1.89. The van der Waals surface area contributed by atoms with Gasteiger partial charge in [-0.1, -0.05) is 19.9 Å². The van der Waals surface area contributed by atoms with Crippen LogP contribution in [0, 0.1) is 0 Å². The van der Waals surface area contributed by atoms with Crippen LogP contribution in [0.3, 0.4) is 0 Å². The monoisotopic (exact) mass is 290 g/mol. The Morgan fingerprint density at radius 1 is 1.29 bits per heavy atom. The fraction of sp³-hybridized carbons (Fsp3) is 0.438. The number of ether oxygens (including phenoxy) is 2. The number of hydrogen-bond donors (Lipinski definition) is 1. The van der Waals surface area contributed by atoms with Crippen LogP contribution in [0.5, 0.6) is 11.5 Å². The van der Waals surface area contributed by atoms with E-state index in [0.29, 0.717) is 6.54 Å². The van der Waals surface area contributed by atoms with E-state index in [1.54, 1.807) is 12.2 Å². The van der Waals surface area contributed by atoms with Gasteiger partial charge < -0.3 is 19.7 Å². The van der Waals surface area contributed by atoms with Crippen molar-refractivity contribution in [3.63, 3.8) is 0 Å². The van der Waals surface area contributed by atoms with Crippen molar-refractivity contribution in [3.05, 3.63) is 29.8 Å². The lowest BCUT2D eigenvalue weighted by molar-refractivity contribution is -0.116. The molecule has 0 fully saturated rings. The molecule has 0 radical (unpaired) electrons. The first-order chi connectivity index (χ1) is 10.2. The Morgan fingerprint density at radius 3 is 2.81 bits per heavy atom. The minimum absolute atomic E-state index is 0.0835. The molecule has 1 amide bonds. The summed E-state index contributed by atoms with van der Waals surface area (Å²) in [6.45, 7) is 8.02. The number of likely N-dealkylation sites (N-methyl/N-ethyl adjacent to an activating group) is 1. The number of nitrogens with zero attached hydrogens (tertiary/aromatic N) is 1. The largest absolute Gasteiger partial charge is 0.454 e. The highest BCUT2D eigenvalue weighted by atomic mass is 16.7. The fourth-order valence-electron chi connectivity index (χ4n) is 2.12. The van der Waals surface area contributed by atoms with Crippen molar-refractivity contribution in [3.8, 4) is 11.5 Å². The number of nitrogens with one attached hydrogen (secondary N) is 1. The third-order valence-corrected chi connectivity index (χ3v) is 3.45. The zero-order chi connectivity index (χ0) is 15.1. The van der Waals surface area contributed by atoms with Crippen LogP contribution in [0.4, 0.5) is 0 Å². The van der Waals surface area contributed by atoms with Gasteiger partial charge in [0.15, 0.2) is 11.5 Å².